The molecule has 0 bridgehead atoms. The maximum Gasteiger partial charge on any atom is 0.239 e. The summed E-state index contributed by atoms with van der Waals surface area (Å²) in [5, 5.41) is 6.03. The molecule has 3 rings (SSSR count). The van der Waals surface area contributed by atoms with Crippen LogP contribution in [0.4, 0.5) is 0 Å². The molecule has 0 aliphatic carbocycles. The fraction of sp³-hybridized carbons (Fsp3) is 0.316. The van der Waals surface area contributed by atoms with Crippen molar-refractivity contribution in [3.63, 3.8) is 0 Å². The molecule has 2 aromatic heterocycles. The van der Waals surface area contributed by atoms with Crippen molar-refractivity contribution in [1.82, 2.24) is 15.6 Å². The largest absolute Gasteiger partial charge is 0.457 e. The van der Waals surface area contributed by atoms with Gasteiger partial charge in [0.25, 0.3) is 0 Å². The Kier molecular flexibility index (Phi) is 5.88. The lowest BCUT2D eigenvalue weighted by Gasteiger charge is -2.14. The second kappa shape index (κ2) is 8.32. The van der Waals surface area contributed by atoms with E-state index in [2.05, 4.69) is 15.6 Å². The maximum atomic E-state index is 11.9. The van der Waals surface area contributed by atoms with Crippen LogP contribution in [0.5, 0.6) is 0 Å². The van der Waals surface area contributed by atoms with Crippen molar-refractivity contribution in [2.24, 2.45) is 11.7 Å². The molecule has 1 atom stereocenters. The van der Waals surface area contributed by atoms with Crippen LogP contribution in [0.15, 0.2) is 40.8 Å². The first-order valence-electron chi connectivity index (χ1n) is 8.68. The Morgan fingerprint density at radius 3 is 2.70 bits per heavy atom. The Hall–Kier alpha value is -2.71. The summed E-state index contributed by atoms with van der Waals surface area (Å²) in [6, 6.07) is 10.9. The third-order valence-electron chi connectivity index (χ3n) is 4.07. The van der Waals surface area contributed by atoms with E-state index < -0.39 is 6.04 Å². The van der Waals surface area contributed by atoms with Gasteiger partial charge >= 0.3 is 0 Å². The number of aromatic nitrogens is 1. The smallest absolute Gasteiger partial charge is 0.239 e. The van der Waals surface area contributed by atoms with E-state index in [4.69, 9.17) is 10.2 Å². The van der Waals surface area contributed by atoms with Gasteiger partial charge in [-0.2, -0.15) is 0 Å². The zero-order chi connectivity index (χ0) is 19.4. The number of nitrogens with two attached hydrogens (primary N) is 1. The Bertz CT molecular complexity index is 914. The van der Waals surface area contributed by atoms with Crippen molar-refractivity contribution in [2.45, 2.75) is 26.4 Å². The summed E-state index contributed by atoms with van der Waals surface area (Å²) in [4.78, 5) is 28.2. The summed E-state index contributed by atoms with van der Waals surface area (Å²) in [5.74, 6) is 0.644. The SMILES string of the molecule is CC(C)[C@H](N)C(=O)NCC(=O)NCc1ccc(-c2nc3ccccc3s2)o1. The molecule has 0 saturated carbocycles. The van der Waals surface area contributed by atoms with Crippen molar-refractivity contribution in [3.05, 3.63) is 42.2 Å². The lowest BCUT2D eigenvalue weighted by Crippen LogP contribution is -2.47. The quantitative estimate of drug-likeness (QED) is 0.577. The third-order valence-corrected chi connectivity index (χ3v) is 5.12. The Morgan fingerprint density at radius 1 is 1.19 bits per heavy atom. The fourth-order valence-corrected chi connectivity index (χ4v) is 3.33. The normalized spacial score (nSPS) is 12.3. The number of benzene rings is 1. The summed E-state index contributed by atoms with van der Waals surface area (Å²) in [5.41, 5.74) is 6.66. The molecule has 1 aromatic carbocycles. The molecule has 7 nitrogen and oxygen atoms in total. The minimum Gasteiger partial charge on any atom is -0.457 e. The predicted octanol–water partition coefficient (Wildman–Crippen LogP) is 2.27. The number of hydrogen-bond donors (Lipinski definition) is 3. The number of amides is 2. The third kappa shape index (κ3) is 4.72. The first-order chi connectivity index (χ1) is 12.9. The summed E-state index contributed by atoms with van der Waals surface area (Å²) >= 11 is 1.55. The average Bonchev–Trinajstić information content (AvgIpc) is 3.29. The van der Waals surface area contributed by atoms with Crippen LogP contribution in [0.25, 0.3) is 21.0 Å². The van der Waals surface area contributed by atoms with Gasteiger partial charge in [0, 0.05) is 0 Å². The number of furan rings is 1. The van der Waals surface area contributed by atoms with Crippen molar-refractivity contribution < 1.29 is 14.0 Å². The molecule has 27 heavy (non-hydrogen) atoms. The van der Waals surface area contributed by atoms with Gasteiger partial charge in [-0.05, 0) is 30.2 Å². The molecule has 0 aliphatic heterocycles. The molecule has 0 aliphatic rings. The van der Waals surface area contributed by atoms with Crippen molar-refractivity contribution in [2.75, 3.05) is 6.54 Å². The summed E-state index contributed by atoms with van der Waals surface area (Å²) in [7, 11) is 0. The van der Waals surface area contributed by atoms with Gasteiger partial charge < -0.3 is 20.8 Å². The van der Waals surface area contributed by atoms with Gasteiger partial charge in [-0.3, -0.25) is 9.59 Å². The van der Waals surface area contributed by atoms with Crippen LogP contribution in [0, 0.1) is 5.92 Å². The van der Waals surface area contributed by atoms with E-state index >= 15 is 0 Å². The Balaban J connectivity index is 1.52. The van der Waals surface area contributed by atoms with E-state index in [1.165, 1.54) is 0 Å². The van der Waals surface area contributed by atoms with E-state index in [0.717, 1.165) is 15.2 Å². The molecule has 2 heterocycles. The maximum absolute atomic E-state index is 11.9. The number of para-hydroxylation sites is 1. The lowest BCUT2D eigenvalue weighted by atomic mass is 10.1. The fourth-order valence-electron chi connectivity index (χ4n) is 2.40. The molecule has 8 heteroatoms. The summed E-state index contributed by atoms with van der Waals surface area (Å²) in [6.07, 6.45) is 0. The number of rotatable bonds is 7. The Labute approximate surface area is 161 Å². The number of carbonyl (C=O) groups excluding carboxylic acids is 2. The second-order valence-electron chi connectivity index (χ2n) is 6.52. The molecule has 0 saturated heterocycles. The molecule has 2 amide bonds. The molecule has 0 unspecified atom stereocenters. The van der Waals surface area contributed by atoms with Gasteiger partial charge in [-0.25, -0.2) is 4.98 Å². The molecule has 0 spiro atoms. The van der Waals surface area contributed by atoms with Gasteiger partial charge in [-0.15, -0.1) is 11.3 Å². The Morgan fingerprint density at radius 2 is 1.96 bits per heavy atom. The van der Waals surface area contributed by atoms with E-state index in [1.54, 1.807) is 17.4 Å². The van der Waals surface area contributed by atoms with Crippen LogP contribution < -0.4 is 16.4 Å². The van der Waals surface area contributed by atoms with Crippen molar-refractivity contribution in [1.29, 1.82) is 0 Å². The first-order valence-corrected chi connectivity index (χ1v) is 9.50. The van der Waals surface area contributed by atoms with Gasteiger partial charge in [0.15, 0.2) is 10.8 Å². The minimum absolute atomic E-state index is 0.0112. The first kappa shape index (κ1) is 19.1. The van der Waals surface area contributed by atoms with Gasteiger partial charge in [0.05, 0.1) is 29.3 Å². The van der Waals surface area contributed by atoms with Gasteiger partial charge in [0.2, 0.25) is 11.8 Å². The average molecular weight is 386 g/mol. The number of hydrogen-bond acceptors (Lipinski definition) is 6. The number of carbonyl (C=O) groups is 2. The highest BCUT2D eigenvalue weighted by Gasteiger charge is 2.17. The van der Waals surface area contributed by atoms with Crippen LogP contribution in [-0.2, 0) is 16.1 Å². The molecule has 142 valence electrons. The molecule has 4 N–H and O–H groups in total. The monoisotopic (exact) mass is 386 g/mol. The van der Waals surface area contributed by atoms with Crippen LogP contribution >= 0.6 is 11.3 Å². The van der Waals surface area contributed by atoms with Gasteiger partial charge in [-0.1, -0.05) is 26.0 Å². The topological polar surface area (TPSA) is 110 Å². The summed E-state index contributed by atoms with van der Waals surface area (Å²) in [6.45, 7) is 3.81. The number of thiazole rings is 1. The minimum atomic E-state index is -0.626. The van der Waals surface area contributed by atoms with Crippen LogP contribution in [0.1, 0.15) is 19.6 Å². The van der Waals surface area contributed by atoms with Crippen molar-refractivity contribution in [3.8, 4) is 10.8 Å². The molecule has 3 aromatic rings. The van der Waals surface area contributed by atoms with Crippen molar-refractivity contribution >= 4 is 33.4 Å². The van der Waals surface area contributed by atoms with Crippen LogP contribution in [0.3, 0.4) is 0 Å². The summed E-state index contributed by atoms with van der Waals surface area (Å²) < 4.78 is 6.86. The van der Waals surface area contributed by atoms with Crippen LogP contribution in [-0.4, -0.2) is 29.4 Å². The van der Waals surface area contributed by atoms with Gasteiger partial charge in [0.1, 0.15) is 5.76 Å². The predicted molar refractivity (Wildman–Crippen MR) is 105 cm³/mol. The number of nitrogens with one attached hydrogen (secondary N) is 2. The zero-order valence-corrected chi connectivity index (χ0v) is 16.0. The molecule has 0 fully saturated rings. The standard InChI is InChI=1S/C19H22N4O3S/c1-11(2)17(20)18(25)22-10-16(24)21-9-12-7-8-14(26-12)19-23-13-5-3-4-6-15(13)27-19/h3-8,11,17H,9-10,20H2,1-2H3,(H,21,24)(H,22,25)/t17-/m0/s1. The van der Waals surface area contributed by atoms with Crippen LogP contribution in [0.2, 0.25) is 0 Å². The second-order valence-corrected chi connectivity index (χ2v) is 7.55. The molecular weight excluding hydrogens is 364 g/mol. The number of nitrogens with zero attached hydrogens (tertiary/aromatic N) is 1. The highest BCUT2D eigenvalue weighted by Crippen LogP contribution is 2.30. The highest BCUT2D eigenvalue weighted by molar-refractivity contribution is 7.21. The molecule has 0 radical (unpaired) electrons. The zero-order valence-electron chi connectivity index (χ0n) is 15.2. The van der Waals surface area contributed by atoms with E-state index in [1.807, 2.05) is 44.2 Å². The van der Waals surface area contributed by atoms with E-state index in [0.29, 0.717) is 11.5 Å². The number of fused-ring (bicyclic) bond motifs is 1. The lowest BCUT2D eigenvalue weighted by molar-refractivity contribution is -0.127. The highest BCUT2D eigenvalue weighted by atomic mass is 32.1. The van der Waals surface area contributed by atoms with E-state index in [9.17, 15) is 9.59 Å². The molecular formula is C19H22N4O3S. The van der Waals surface area contributed by atoms with E-state index in [-0.39, 0.29) is 30.8 Å².